The quantitative estimate of drug-likeness (QED) is 0.882. The molecular formula is C14H18N2O2S. The lowest BCUT2D eigenvalue weighted by molar-refractivity contribution is 0.385. The van der Waals surface area contributed by atoms with Crippen LogP contribution in [0.4, 0.5) is 0 Å². The summed E-state index contributed by atoms with van der Waals surface area (Å²) in [6.07, 6.45) is 2.68. The van der Waals surface area contributed by atoms with E-state index in [0.717, 1.165) is 28.5 Å². The molecule has 0 aliphatic carbocycles. The molecule has 0 bridgehead atoms. The maximum absolute atomic E-state index is 5.45. The van der Waals surface area contributed by atoms with Crippen LogP contribution in [0, 0.1) is 0 Å². The van der Waals surface area contributed by atoms with Gasteiger partial charge in [0.25, 0.3) is 0 Å². The van der Waals surface area contributed by atoms with Crippen molar-refractivity contribution in [1.82, 2.24) is 10.3 Å². The first kappa shape index (κ1) is 13.8. The fraction of sp³-hybridized carbons (Fsp3) is 0.357. The lowest BCUT2D eigenvalue weighted by Crippen LogP contribution is -2.19. The number of hydrogen-bond acceptors (Lipinski definition) is 5. The van der Waals surface area contributed by atoms with Crippen LogP contribution in [0.25, 0.3) is 0 Å². The highest BCUT2D eigenvalue weighted by Gasteiger charge is 2.16. The van der Waals surface area contributed by atoms with Crippen LogP contribution in [0.2, 0.25) is 0 Å². The fourth-order valence-electron chi connectivity index (χ4n) is 2.00. The Hall–Kier alpha value is -1.59. The average molecular weight is 278 g/mol. The van der Waals surface area contributed by atoms with Gasteiger partial charge in [0, 0.05) is 35.7 Å². The van der Waals surface area contributed by atoms with E-state index >= 15 is 0 Å². The monoisotopic (exact) mass is 278 g/mol. The van der Waals surface area contributed by atoms with E-state index in [1.165, 1.54) is 0 Å². The maximum atomic E-state index is 5.45. The summed E-state index contributed by atoms with van der Waals surface area (Å²) in [5, 5.41) is 6.42. The number of nitrogens with zero attached hydrogens (tertiary/aromatic N) is 1. The lowest BCUT2D eigenvalue weighted by atomic mass is 10.0. The molecule has 4 nitrogen and oxygen atoms in total. The Morgan fingerprint density at radius 2 is 2.16 bits per heavy atom. The van der Waals surface area contributed by atoms with Crippen molar-refractivity contribution in [2.24, 2.45) is 0 Å². The van der Waals surface area contributed by atoms with Crippen molar-refractivity contribution >= 4 is 11.3 Å². The van der Waals surface area contributed by atoms with Gasteiger partial charge >= 0.3 is 0 Å². The van der Waals surface area contributed by atoms with Crippen LogP contribution in [0.3, 0.4) is 0 Å². The molecule has 0 aliphatic rings. The van der Waals surface area contributed by atoms with Crippen LogP contribution in [-0.2, 0) is 6.42 Å². The summed E-state index contributed by atoms with van der Waals surface area (Å²) in [6, 6.07) is 6.06. The van der Waals surface area contributed by atoms with Crippen LogP contribution < -0.4 is 14.8 Å². The molecule has 0 saturated heterocycles. The van der Waals surface area contributed by atoms with Gasteiger partial charge in [-0.25, -0.2) is 4.98 Å². The third-order valence-electron chi connectivity index (χ3n) is 3.03. The van der Waals surface area contributed by atoms with E-state index in [2.05, 4.69) is 10.3 Å². The minimum atomic E-state index is 0.173. The normalized spacial score (nSPS) is 12.2. The minimum absolute atomic E-state index is 0.173. The number of methoxy groups -OCH3 is 2. The van der Waals surface area contributed by atoms with Gasteiger partial charge < -0.3 is 14.8 Å². The number of ether oxygens (including phenoxy) is 2. The van der Waals surface area contributed by atoms with E-state index in [0.29, 0.717) is 0 Å². The van der Waals surface area contributed by atoms with Gasteiger partial charge in [-0.3, -0.25) is 0 Å². The molecular weight excluding hydrogens is 260 g/mol. The summed E-state index contributed by atoms with van der Waals surface area (Å²) in [5.41, 5.74) is 1.11. The van der Waals surface area contributed by atoms with Gasteiger partial charge in [-0.15, -0.1) is 11.3 Å². The van der Waals surface area contributed by atoms with E-state index in [1.807, 2.05) is 36.8 Å². The number of likely N-dealkylation sites (N-methyl/N-ethyl adjacent to an activating group) is 1. The van der Waals surface area contributed by atoms with Gasteiger partial charge in [0.05, 0.1) is 19.2 Å². The smallest absolute Gasteiger partial charge is 0.127 e. The minimum Gasteiger partial charge on any atom is -0.497 e. The predicted molar refractivity (Wildman–Crippen MR) is 77.2 cm³/mol. The van der Waals surface area contributed by atoms with Crippen molar-refractivity contribution in [3.63, 3.8) is 0 Å². The second kappa shape index (κ2) is 6.54. The molecule has 1 aromatic heterocycles. The molecule has 2 rings (SSSR count). The van der Waals surface area contributed by atoms with Gasteiger partial charge in [0.2, 0.25) is 0 Å². The Morgan fingerprint density at radius 3 is 2.74 bits per heavy atom. The van der Waals surface area contributed by atoms with Gasteiger partial charge in [0.1, 0.15) is 11.5 Å². The van der Waals surface area contributed by atoms with Gasteiger partial charge in [-0.2, -0.15) is 0 Å². The number of hydrogen-bond donors (Lipinski definition) is 1. The van der Waals surface area contributed by atoms with E-state index in [1.54, 1.807) is 25.6 Å². The van der Waals surface area contributed by atoms with Crippen LogP contribution in [0.1, 0.15) is 16.6 Å². The molecule has 0 aliphatic heterocycles. The number of benzene rings is 1. The Bertz CT molecular complexity index is 514. The van der Waals surface area contributed by atoms with Crippen LogP contribution >= 0.6 is 11.3 Å². The molecule has 0 amide bonds. The summed E-state index contributed by atoms with van der Waals surface area (Å²) in [4.78, 5) is 4.33. The third-order valence-corrected chi connectivity index (χ3v) is 3.83. The van der Waals surface area contributed by atoms with Crippen LogP contribution in [0.5, 0.6) is 11.5 Å². The van der Waals surface area contributed by atoms with E-state index in [-0.39, 0.29) is 6.04 Å². The van der Waals surface area contributed by atoms with Gasteiger partial charge in [-0.1, -0.05) is 6.07 Å². The van der Waals surface area contributed by atoms with Crippen molar-refractivity contribution in [3.05, 3.63) is 40.3 Å². The molecule has 0 spiro atoms. The number of rotatable bonds is 6. The second-order valence-corrected chi connectivity index (χ2v) is 5.06. The van der Waals surface area contributed by atoms with Crippen molar-refractivity contribution in [1.29, 1.82) is 0 Å². The molecule has 1 aromatic carbocycles. The SMILES string of the molecule is CNC(Cc1nccs1)c1ccc(OC)cc1OC. The number of thiazole rings is 1. The van der Waals surface area contributed by atoms with Crippen molar-refractivity contribution in [2.45, 2.75) is 12.5 Å². The highest BCUT2D eigenvalue weighted by Crippen LogP contribution is 2.31. The highest BCUT2D eigenvalue weighted by atomic mass is 32.1. The van der Waals surface area contributed by atoms with Crippen molar-refractivity contribution < 1.29 is 9.47 Å². The molecule has 1 heterocycles. The van der Waals surface area contributed by atoms with Crippen LogP contribution in [-0.4, -0.2) is 26.3 Å². The summed E-state index contributed by atoms with van der Waals surface area (Å²) < 4.78 is 10.7. The molecule has 0 radical (unpaired) electrons. The maximum Gasteiger partial charge on any atom is 0.127 e. The Labute approximate surface area is 117 Å². The third kappa shape index (κ3) is 3.24. The zero-order valence-electron chi connectivity index (χ0n) is 11.3. The summed E-state index contributed by atoms with van der Waals surface area (Å²) >= 11 is 1.67. The fourth-order valence-corrected chi connectivity index (χ4v) is 2.67. The standard InChI is InChI=1S/C14H18N2O2S/c1-15-12(9-14-16-6-7-19-14)11-5-4-10(17-2)8-13(11)18-3/h4-8,12,15H,9H2,1-3H3. The van der Waals surface area contributed by atoms with Crippen molar-refractivity contribution in [2.75, 3.05) is 21.3 Å². The molecule has 0 fully saturated rings. The van der Waals surface area contributed by atoms with Crippen LogP contribution in [0.15, 0.2) is 29.8 Å². The first-order valence-corrected chi connectivity index (χ1v) is 6.94. The van der Waals surface area contributed by atoms with E-state index < -0.39 is 0 Å². The van der Waals surface area contributed by atoms with Gasteiger partial charge in [0.15, 0.2) is 0 Å². The second-order valence-electron chi connectivity index (χ2n) is 4.08. The first-order valence-electron chi connectivity index (χ1n) is 6.06. The van der Waals surface area contributed by atoms with Crippen molar-refractivity contribution in [3.8, 4) is 11.5 Å². The summed E-state index contributed by atoms with van der Waals surface area (Å²) in [7, 11) is 5.27. The Kier molecular flexibility index (Phi) is 4.76. The Morgan fingerprint density at radius 1 is 1.32 bits per heavy atom. The Balaban J connectivity index is 2.26. The number of nitrogens with one attached hydrogen (secondary N) is 1. The zero-order chi connectivity index (χ0) is 13.7. The number of aromatic nitrogens is 1. The molecule has 102 valence electrons. The predicted octanol–water partition coefficient (Wildman–Crippen LogP) is 2.66. The molecule has 5 heteroatoms. The topological polar surface area (TPSA) is 43.4 Å². The average Bonchev–Trinajstić information content (AvgIpc) is 2.97. The van der Waals surface area contributed by atoms with Gasteiger partial charge in [-0.05, 0) is 13.1 Å². The lowest BCUT2D eigenvalue weighted by Gasteiger charge is -2.19. The van der Waals surface area contributed by atoms with E-state index in [9.17, 15) is 0 Å². The molecule has 19 heavy (non-hydrogen) atoms. The molecule has 0 saturated carbocycles. The molecule has 1 atom stereocenters. The molecule has 2 aromatic rings. The van der Waals surface area contributed by atoms with E-state index in [4.69, 9.17) is 9.47 Å². The largest absolute Gasteiger partial charge is 0.497 e. The highest BCUT2D eigenvalue weighted by molar-refractivity contribution is 7.09. The molecule has 1 unspecified atom stereocenters. The first-order chi connectivity index (χ1) is 9.28. The summed E-state index contributed by atoms with van der Waals surface area (Å²) in [5.74, 6) is 1.62. The molecule has 1 N–H and O–H groups in total. The summed E-state index contributed by atoms with van der Waals surface area (Å²) in [6.45, 7) is 0. The zero-order valence-corrected chi connectivity index (χ0v) is 12.2.